The van der Waals surface area contributed by atoms with Crippen LogP contribution in [0.4, 0.5) is 4.79 Å². The number of hydrogen-bond donors (Lipinski definition) is 1. The molecule has 0 aliphatic rings. The molecule has 0 unspecified atom stereocenters. The van der Waals surface area contributed by atoms with Crippen LogP contribution in [0.15, 0.2) is 0 Å². The second-order valence-corrected chi connectivity index (χ2v) is 13.1. The Morgan fingerprint density at radius 2 is 1.86 bits per heavy atom. The summed E-state index contributed by atoms with van der Waals surface area (Å²) in [4.78, 5) is 11.6. The molecule has 1 N–H and O–H groups in total. The molecule has 1 amide bonds. The quantitative estimate of drug-likeness (QED) is 0.302. The van der Waals surface area contributed by atoms with Crippen LogP contribution in [-0.4, -0.2) is 51.7 Å². The molecule has 0 aromatic rings. The van der Waals surface area contributed by atoms with Crippen LogP contribution < -0.4 is 5.32 Å². The number of rotatable bonds is 9. The summed E-state index contributed by atoms with van der Waals surface area (Å²) < 4.78 is 15.9. The van der Waals surface area contributed by atoms with E-state index >= 15 is 0 Å². The molecule has 0 fully saturated rings. The van der Waals surface area contributed by atoms with Crippen LogP contribution >= 0.6 is 11.6 Å². The topological polar surface area (TPSA) is 56.8 Å². The standard InChI is InChI=1S/C14H30ClNO4Si/c1-14(2,3)20-13(17)16-12(9-15)10-19-11-18-7-8-21(4,5)6/h12H,7-11H2,1-6H3,(H,16,17)/t12-/m1/s1. The van der Waals surface area contributed by atoms with Crippen molar-refractivity contribution in [3.63, 3.8) is 0 Å². The number of amides is 1. The highest BCUT2D eigenvalue weighted by atomic mass is 35.5. The van der Waals surface area contributed by atoms with E-state index in [1.807, 2.05) is 20.8 Å². The van der Waals surface area contributed by atoms with E-state index in [0.717, 1.165) is 6.04 Å². The van der Waals surface area contributed by atoms with E-state index in [4.69, 9.17) is 25.8 Å². The Morgan fingerprint density at radius 3 is 2.33 bits per heavy atom. The molecule has 0 saturated carbocycles. The maximum atomic E-state index is 11.6. The van der Waals surface area contributed by atoms with E-state index in [-0.39, 0.29) is 18.7 Å². The summed E-state index contributed by atoms with van der Waals surface area (Å²) in [5.74, 6) is 0.258. The summed E-state index contributed by atoms with van der Waals surface area (Å²) >= 11 is 5.80. The third-order valence-electron chi connectivity index (χ3n) is 2.39. The Morgan fingerprint density at radius 1 is 1.24 bits per heavy atom. The van der Waals surface area contributed by atoms with Gasteiger partial charge in [-0.25, -0.2) is 4.79 Å². The van der Waals surface area contributed by atoms with Gasteiger partial charge in [0.2, 0.25) is 0 Å². The summed E-state index contributed by atoms with van der Waals surface area (Å²) in [5, 5.41) is 2.67. The first kappa shape index (κ1) is 20.7. The second-order valence-electron chi connectivity index (χ2n) is 7.21. The van der Waals surface area contributed by atoms with Gasteiger partial charge in [0, 0.05) is 20.6 Å². The Balaban J connectivity index is 3.78. The SMILES string of the molecule is CC(C)(C)OC(=O)N[C@H](CCl)COCOCC[Si](C)(C)C. The van der Waals surface area contributed by atoms with E-state index < -0.39 is 19.8 Å². The number of ether oxygens (including phenoxy) is 3. The van der Waals surface area contributed by atoms with E-state index in [9.17, 15) is 4.79 Å². The van der Waals surface area contributed by atoms with Crippen LogP contribution in [0.25, 0.3) is 0 Å². The van der Waals surface area contributed by atoms with Gasteiger partial charge in [0.15, 0.2) is 0 Å². The number of carbonyl (C=O) groups is 1. The monoisotopic (exact) mass is 339 g/mol. The summed E-state index contributed by atoms with van der Waals surface area (Å²) in [6.45, 7) is 13.5. The molecule has 21 heavy (non-hydrogen) atoms. The first-order chi connectivity index (χ1) is 9.53. The minimum Gasteiger partial charge on any atom is -0.444 e. The third kappa shape index (κ3) is 14.4. The van der Waals surface area contributed by atoms with Crippen LogP contribution in [0.5, 0.6) is 0 Å². The van der Waals surface area contributed by atoms with Gasteiger partial charge in [-0.05, 0) is 26.8 Å². The molecule has 126 valence electrons. The van der Waals surface area contributed by atoms with Crippen molar-refractivity contribution in [1.29, 1.82) is 0 Å². The average Bonchev–Trinajstić information content (AvgIpc) is 2.28. The fraction of sp³-hybridized carbons (Fsp3) is 0.929. The van der Waals surface area contributed by atoms with Crippen LogP contribution in [0.3, 0.4) is 0 Å². The Hall–Kier alpha value is -0.303. The van der Waals surface area contributed by atoms with Gasteiger partial charge in [0.05, 0.1) is 12.6 Å². The van der Waals surface area contributed by atoms with Crippen LogP contribution in [0.1, 0.15) is 20.8 Å². The smallest absolute Gasteiger partial charge is 0.407 e. The lowest BCUT2D eigenvalue weighted by Crippen LogP contribution is -2.42. The third-order valence-corrected chi connectivity index (χ3v) is 4.47. The van der Waals surface area contributed by atoms with Crippen molar-refractivity contribution >= 4 is 25.8 Å². The lowest BCUT2D eigenvalue weighted by molar-refractivity contribution is -0.0548. The summed E-state index contributed by atoms with van der Waals surface area (Å²) in [6.07, 6.45) is -0.489. The van der Waals surface area contributed by atoms with E-state index in [2.05, 4.69) is 25.0 Å². The average molecular weight is 340 g/mol. The molecule has 0 aromatic carbocycles. The van der Waals surface area contributed by atoms with Gasteiger partial charge in [-0.3, -0.25) is 0 Å². The van der Waals surface area contributed by atoms with Crippen molar-refractivity contribution in [3.05, 3.63) is 0 Å². The molecule has 7 heteroatoms. The molecule has 1 atom stereocenters. The predicted molar refractivity (Wildman–Crippen MR) is 88.8 cm³/mol. The van der Waals surface area contributed by atoms with Gasteiger partial charge in [-0.2, -0.15) is 0 Å². The number of alkyl carbamates (subject to hydrolysis) is 1. The van der Waals surface area contributed by atoms with Crippen molar-refractivity contribution in [2.24, 2.45) is 0 Å². The van der Waals surface area contributed by atoms with E-state index in [0.29, 0.717) is 13.2 Å². The molecule has 5 nitrogen and oxygen atoms in total. The number of hydrogen-bond acceptors (Lipinski definition) is 4. The van der Waals surface area contributed by atoms with Crippen LogP contribution in [0.2, 0.25) is 25.7 Å². The number of alkyl halides is 1. The Kier molecular flexibility index (Phi) is 9.52. The molecule has 0 heterocycles. The van der Waals surface area contributed by atoms with Gasteiger partial charge in [-0.1, -0.05) is 19.6 Å². The molecule has 0 radical (unpaired) electrons. The molecular weight excluding hydrogens is 310 g/mol. The largest absolute Gasteiger partial charge is 0.444 e. The van der Waals surface area contributed by atoms with Crippen LogP contribution in [0, 0.1) is 0 Å². The van der Waals surface area contributed by atoms with Gasteiger partial charge >= 0.3 is 6.09 Å². The highest BCUT2D eigenvalue weighted by molar-refractivity contribution is 6.76. The van der Waals surface area contributed by atoms with Crippen molar-refractivity contribution in [1.82, 2.24) is 5.32 Å². The highest BCUT2D eigenvalue weighted by Gasteiger charge is 2.19. The molecule has 0 rings (SSSR count). The molecule has 0 aromatic heterocycles. The minimum absolute atomic E-state index is 0.216. The molecule has 0 aliphatic heterocycles. The first-order valence-electron chi connectivity index (χ1n) is 7.24. The van der Waals surface area contributed by atoms with Crippen molar-refractivity contribution in [2.75, 3.05) is 25.9 Å². The van der Waals surface area contributed by atoms with Crippen molar-refractivity contribution in [2.45, 2.75) is 58.1 Å². The predicted octanol–water partition coefficient (Wildman–Crippen LogP) is 3.45. The number of carbonyl (C=O) groups excluding carboxylic acids is 1. The summed E-state index contributed by atoms with van der Waals surface area (Å²) in [5.41, 5.74) is -0.526. The normalized spacial score (nSPS) is 13.9. The maximum Gasteiger partial charge on any atom is 0.407 e. The zero-order valence-electron chi connectivity index (χ0n) is 14.1. The Labute approximate surface area is 134 Å². The van der Waals surface area contributed by atoms with Gasteiger partial charge in [-0.15, -0.1) is 11.6 Å². The maximum absolute atomic E-state index is 11.6. The fourth-order valence-corrected chi connectivity index (χ4v) is 2.21. The van der Waals surface area contributed by atoms with Gasteiger partial charge < -0.3 is 19.5 Å². The molecular formula is C14H30ClNO4Si. The zero-order chi connectivity index (χ0) is 16.5. The minimum atomic E-state index is -1.07. The van der Waals surface area contributed by atoms with Crippen molar-refractivity contribution in [3.8, 4) is 0 Å². The molecule has 0 aliphatic carbocycles. The lowest BCUT2D eigenvalue weighted by atomic mass is 10.2. The van der Waals surface area contributed by atoms with E-state index in [1.54, 1.807) is 0 Å². The number of nitrogens with one attached hydrogen (secondary N) is 1. The summed E-state index contributed by atoms with van der Waals surface area (Å²) in [7, 11) is -1.07. The highest BCUT2D eigenvalue weighted by Crippen LogP contribution is 2.08. The summed E-state index contributed by atoms with van der Waals surface area (Å²) in [6, 6.07) is 0.813. The first-order valence-corrected chi connectivity index (χ1v) is 11.5. The molecule has 0 bridgehead atoms. The van der Waals surface area contributed by atoms with Gasteiger partial charge in [0.25, 0.3) is 0 Å². The second kappa shape index (κ2) is 9.66. The Bertz CT molecular complexity index is 302. The van der Waals surface area contributed by atoms with Crippen LogP contribution in [-0.2, 0) is 14.2 Å². The zero-order valence-corrected chi connectivity index (χ0v) is 15.9. The number of halogens is 1. The van der Waals surface area contributed by atoms with E-state index in [1.165, 1.54) is 0 Å². The lowest BCUT2D eigenvalue weighted by Gasteiger charge is -2.22. The molecule has 0 spiro atoms. The fourth-order valence-electron chi connectivity index (χ4n) is 1.29. The van der Waals surface area contributed by atoms with Gasteiger partial charge in [0.1, 0.15) is 12.4 Å². The molecule has 0 saturated heterocycles. The van der Waals surface area contributed by atoms with Crippen molar-refractivity contribution < 1.29 is 19.0 Å².